The van der Waals surface area contributed by atoms with Gasteiger partial charge in [0.05, 0.1) is 18.5 Å². The Morgan fingerprint density at radius 2 is 2.04 bits per heavy atom. The predicted octanol–water partition coefficient (Wildman–Crippen LogP) is 1.35. The van der Waals surface area contributed by atoms with Crippen LogP contribution in [-0.4, -0.2) is 70.1 Å². The minimum Gasteiger partial charge on any atom is -0.380 e. The second-order valence-electron chi connectivity index (χ2n) is 6.59. The second-order valence-corrected chi connectivity index (χ2v) is 6.59. The number of rotatable bonds is 5. The third kappa shape index (κ3) is 3.14. The first-order valence-corrected chi connectivity index (χ1v) is 8.67. The summed E-state index contributed by atoms with van der Waals surface area (Å²) in [6.45, 7) is 4.36. The van der Waals surface area contributed by atoms with Gasteiger partial charge in [0, 0.05) is 38.6 Å². The van der Waals surface area contributed by atoms with Crippen LogP contribution < -0.4 is 4.90 Å². The fourth-order valence-electron chi connectivity index (χ4n) is 3.76. The van der Waals surface area contributed by atoms with Crippen molar-refractivity contribution in [2.75, 3.05) is 38.2 Å². The number of likely N-dealkylation sites (tertiary alicyclic amines) is 1. The summed E-state index contributed by atoms with van der Waals surface area (Å²) in [6.07, 6.45) is 11.2. The summed E-state index contributed by atoms with van der Waals surface area (Å²) in [6, 6.07) is 2.32. The lowest BCUT2D eigenvalue weighted by Crippen LogP contribution is -2.40. The quantitative estimate of drug-likeness (QED) is 0.826. The normalized spacial score (nSPS) is 24.8. The number of nitrogens with zero attached hydrogens (tertiary/aromatic N) is 6. The molecule has 2 aromatic heterocycles. The molecular weight excluding hydrogens is 304 g/mol. The lowest BCUT2D eigenvalue weighted by molar-refractivity contribution is 0.116. The molecule has 4 heterocycles. The van der Waals surface area contributed by atoms with Crippen LogP contribution in [-0.2, 0) is 4.74 Å². The molecule has 0 amide bonds. The van der Waals surface area contributed by atoms with E-state index in [9.17, 15) is 0 Å². The zero-order chi connectivity index (χ0) is 16.4. The topological polar surface area (TPSA) is 59.3 Å². The molecule has 7 nitrogen and oxygen atoms in total. The first-order valence-electron chi connectivity index (χ1n) is 8.67. The molecule has 0 radical (unpaired) electrons. The number of ether oxygens (including phenoxy) is 1. The molecule has 4 rings (SSSR count). The Morgan fingerprint density at radius 1 is 1.21 bits per heavy atom. The van der Waals surface area contributed by atoms with Gasteiger partial charge in [0.15, 0.2) is 5.82 Å². The summed E-state index contributed by atoms with van der Waals surface area (Å²) in [4.78, 5) is 14.1. The molecule has 0 spiro atoms. The van der Waals surface area contributed by atoms with E-state index in [1.54, 1.807) is 24.2 Å². The lowest BCUT2D eigenvalue weighted by Gasteiger charge is -2.28. The smallest absolute Gasteiger partial charge is 0.173 e. The van der Waals surface area contributed by atoms with Crippen LogP contribution in [0.25, 0.3) is 5.82 Å². The minimum absolute atomic E-state index is 0.257. The molecule has 2 aliphatic rings. The maximum absolute atomic E-state index is 5.63. The Bertz CT molecular complexity index is 655. The third-order valence-electron chi connectivity index (χ3n) is 5.02. The molecule has 24 heavy (non-hydrogen) atoms. The first kappa shape index (κ1) is 15.5. The summed E-state index contributed by atoms with van der Waals surface area (Å²) >= 11 is 0. The molecule has 2 atom stereocenters. The Morgan fingerprint density at radius 3 is 2.79 bits per heavy atom. The molecular formula is C17H24N6O. The second kappa shape index (κ2) is 6.86. The van der Waals surface area contributed by atoms with Crippen LogP contribution in [0.1, 0.15) is 19.3 Å². The van der Waals surface area contributed by atoms with Crippen molar-refractivity contribution in [2.45, 2.75) is 31.4 Å². The summed E-state index contributed by atoms with van der Waals surface area (Å²) in [5.41, 5.74) is 0. The van der Waals surface area contributed by atoms with Crippen LogP contribution in [0.5, 0.6) is 0 Å². The van der Waals surface area contributed by atoms with E-state index in [2.05, 4.69) is 19.9 Å². The van der Waals surface area contributed by atoms with Gasteiger partial charge in [-0.25, -0.2) is 9.67 Å². The molecule has 2 fully saturated rings. The van der Waals surface area contributed by atoms with Crippen LogP contribution in [0.4, 0.5) is 5.82 Å². The average Bonchev–Trinajstić information content (AvgIpc) is 3.37. The van der Waals surface area contributed by atoms with Gasteiger partial charge in [-0.1, -0.05) is 0 Å². The standard InChI is InChI=1S/C17H24N6O/c1-24-15-9-14(12-21-6-2-3-7-21)22(13-15)16-10-18-11-17(20-16)23-8-4-5-19-23/h4-5,8,10-11,14-15H,2-3,6-7,9,12-13H2,1H3/t14-,15-/m0/s1. The summed E-state index contributed by atoms with van der Waals surface area (Å²) < 4.78 is 7.38. The van der Waals surface area contributed by atoms with Crippen molar-refractivity contribution in [3.8, 4) is 5.82 Å². The summed E-state index contributed by atoms with van der Waals surface area (Å²) in [7, 11) is 1.80. The Hall–Kier alpha value is -1.99. The number of hydrogen-bond acceptors (Lipinski definition) is 6. The van der Waals surface area contributed by atoms with E-state index < -0.39 is 0 Å². The van der Waals surface area contributed by atoms with Crippen molar-refractivity contribution in [1.82, 2.24) is 24.6 Å². The van der Waals surface area contributed by atoms with E-state index >= 15 is 0 Å². The predicted molar refractivity (Wildman–Crippen MR) is 91.4 cm³/mol. The Balaban J connectivity index is 1.56. The van der Waals surface area contributed by atoms with Gasteiger partial charge in [0.2, 0.25) is 0 Å². The molecule has 7 heteroatoms. The van der Waals surface area contributed by atoms with Crippen molar-refractivity contribution in [3.05, 3.63) is 30.9 Å². The Labute approximate surface area is 142 Å². The molecule has 2 saturated heterocycles. The van der Waals surface area contributed by atoms with E-state index in [1.807, 2.05) is 18.5 Å². The highest BCUT2D eigenvalue weighted by atomic mass is 16.5. The maximum atomic E-state index is 5.63. The zero-order valence-electron chi connectivity index (χ0n) is 14.1. The van der Waals surface area contributed by atoms with Crippen LogP contribution >= 0.6 is 0 Å². The molecule has 2 aliphatic heterocycles. The number of hydrogen-bond donors (Lipinski definition) is 0. The highest BCUT2D eigenvalue weighted by molar-refractivity contribution is 5.42. The lowest BCUT2D eigenvalue weighted by atomic mass is 10.2. The highest BCUT2D eigenvalue weighted by Crippen LogP contribution is 2.27. The van der Waals surface area contributed by atoms with Gasteiger partial charge in [0.1, 0.15) is 5.82 Å². The van der Waals surface area contributed by atoms with Gasteiger partial charge in [-0.15, -0.1) is 0 Å². The zero-order valence-corrected chi connectivity index (χ0v) is 14.1. The average molecular weight is 328 g/mol. The van der Waals surface area contributed by atoms with Gasteiger partial charge in [-0.3, -0.25) is 4.98 Å². The van der Waals surface area contributed by atoms with E-state index in [0.717, 1.165) is 31.1 Å². The van der Waals surface area contributed by atoms with Crippen molar-refractivity contribution >= 4 is 5.82 Å². The van der Waals surface area contributed by atoms with E-state index in [1.165, 1.54) is 25.9 Å². The van der Waals surface area contributed by atoms with Gasteiger partial charge in [0.25, 0.3) is 0 Å². The van der Waals surface area contributed by atoms with E-state index in [-0.39, 0.29) is 6.10 Å². The summed E-state index contributed by atoms with van der Waals surface area (Å²) in [5, 5.41) is 4.25. The molecule has 0 bridgehead atoms. The number of anilines is 1. The molecule has 128 valence electrons. The summed E-state index contributed by atoms with van der Waals surface area (Å²) in [5.74, 6) is 1.66. The van der Waals surface area contributed by atoms with Crippen LogP contribution in [0, 0.1) is 0 Å². The van der Waals surface area contributed by atoms with Crippen molar-refractivity contribution in [1.29, 1.82) is 0 Å². The SMILES string of the molecule is CO[C@H]1C[C@@H](CN2CCCC2)N(c2cncc(-n3cccn3)n2)C1. The molecule has 0 aromatic carbocycles. The largest absolute Gasteiger partial charge is 0.380 e. The van der Waals surface area contributed by atoms with Crippen LogP contribution in [0.2, 0.25) is 0 Å². The third-order valence-corrected chi connectivity index (χ3v) is 5.02. The van der Waals surface area contributed by atoms with Crippen LogP contribution in [0.3, 0.4) is 0 Å². The minimum atomic E-state index is 0.257. The number of methoxy groups -OCH3 is 1. The number of aromatic nitrogens is 4. The van der Waals surface area contributed by atoms with E-state index in [0.29, 0.717) is 6.04 Å². The van der Waals surface area contributed by atoms with Crippen molar-refractivity contribution < 1.29 is 4.74 Å². The Kier molecular flexibility index (Phi) is 4.44. The van der Waals surface area contributed by atoms with Gasteiger partial charge in [-0.2, -0.15) is 5.10 Å². The first-order chi connectivity index (χ1) is 11.8. The monoisotopic (exact) mass is 328 g/mol. The van der Waals surface area contributed by atoms with Crippen molar-refractivity contribution in [2.24, 2.45) is 0 Å². The molecule has 0 unspecified atom stereocenters. The fourth-order valence-corrected chi connectivity index (χ4v) is 3.76. The molecule has 0 N–H and O–H groups in total. The highest BCUT2D eigenvalue weighted by Gasteiger charge is 2.34. The maximum Gasteiger partial charge on any atom is 0.173 e. The van der Waals surface area contributed by atoms with Gasteiger partial charge >= 0.3 is 0 Å². The van der Waals surface area contributed by atoms with Crippen molar-refractivity contribution in [3.63, 3.8) is 0 Å². The molecule has 2 aromatic rings. The fraction of sp³-hybridized carbons (Fsp3) is 0.588. The van der Waals surface area contributed by atoms with Crippen LogP contribution in [0.15, 0.2) is 30.9 Å². The van der Waals surface area contributed by atoms with E-state index in [4.69, 9.17) is 9.72 Å². The molecule has 0 saturated carbocycles. The van der Waals surface area contributed by atoms with Gasteiger partial charge < -0.3 is 14.5 Å². The van der Waals surface area contributed by atoms with Gasteiger partial charge in [-0.05, 0) is 38.4 Å². The molecule has 0 aliphatic carbocycles.